The zero-order valence-corrected chi connectivity index (χ0v) is 18.5. The highest BCUT2D eigenvalue weighted by Gasteiger charge is 2.06. The van der Waals surface area contributed by atoms with Gasteiger partial charge in [0.15, 0.2) is 0 Å². The zero-order valence-electron chi connectivity index (χ0n) is 17.7. The summed E-state index contributed by atoms with van der Waals surface area (Å²) in [4.78, 5) is 1.98. The summed E-state index contributed by atoms with van der Waals surface area (Å²) in [6.07, 6.45) is 18.9. The lowest BCUT2D eigenvalue weighted by atomic mass is 10.0. The number of unbranched alkanes of at least 4 members (excludes halogenated alkanes) is 12. The Bertz CT molecular complexity index is 396. The quantitative estimate of drug-likeness (QED) is 0.219. The van der Waals surface area contributed by atoms with E-state index in [9.17, 15) is 8.42 Å². The van der Waals surface area contributed by atoms with E-state index < -0.39 is 10.1 Å². The monoisotopic (exact) mass is 391 g/mol. The van der Waals surface area contributed by atoms with Crippen LogP contribution in [0.4, 0.5) is 0 Å². The van der Waals surface area contributed by atoms with Gasteiger partial charge in [-0.05, 0) is 25.9 Å². The first-order valence-corrected chi connectivity index (χ1v) is 12.6. The van der Waals surface area contributed by atoms with Crippen molar-refractivity contribution < 1.29 is 13.0 Å². The second kappa shape index (κ2) is 17.0. The molecule has 0 atom stereocenters. The molecule has 0 aliphatic rings. The highest BCUT2D eigenvalue weighted by Crippen LogP contribution is 2.14. The molecule has 0 unspecified atom stereocenters. The van der Waals surface area contributed by atoms with Crippen LogP contribution in [0.3, 0.4) is 0 Å². The van der Waals surface area contributed by atoms with Crippen LogP contribution >= 0.6 is 0 Å². The highest BCUT2D eigenvalue weighted by atomic mass is 32.2. The van der Waals surface area contributed by atoms with E-state index in [0.717, 1.165) is 18.9 Å². The van der Waals surface area contributed by atoms with E-state index >= 15 is 0 Å². The summed E-state index contributed by atoms with van der Waals surface area (Å²) in [5.41, 5.74) is 0. The van der Waals surface area contributed by atoms with E-state index in [4.69, 9.17) is 4.55 Å². The third-order valence-corrected chi connectivity index (χ3v) is 5.75. The van der Waals surface area contributed by atoms with Crippen molar-refractivity contribution in [1.29, 1.82) is 0 Å². The summed E-state index contributed by atoms with van der Waals surface area (Å²) in [5, 5.41) is 0. The SMILES string of the molecule is CC(C)CCCCCCCCCCCCCCCN(C)CCS(=O)(=O)O. The van der Waals surface area contributed by atoms with Crippen molar-refractivity contribution in [2.75, 3.05) is 25.9 Å². The summed E-state index contributed by atoms with van der Waals surface area (Å²) in [5.74, 6) is 0.697. The van der Waals surface area contributed by atoms with Crippen LogP contribution in [0.2, 0.25) is 0 Å². The molecule has 26 heavy (non-hydrogen) atoms. The number of hydrogen-bond acceptors (Lipinski definition) is 3. The topological polar surface area (TPSA) is 57.6 Å². The predicted octanol–water partition coefficient (Wildman–Crippen LogP) is 5.92. The maximum Gasteiger partial charge on any atom is 0.266 e. The summed E-state index contributed by atoms with van der Waals surface area (Å²) in [6, 6.07) is 0. The molecule has 0 heterocycles. The largest absolute Gasteiger partial charge is 0.305 e. The Morgan fingerprint density at radius 1 is 0.692 bits per heavy atom. The summed E-state index contributed by atoms with van der Waals surface area (Å²) < 4.78 is 30.1. The van der Waals surface area contributed by atoms with Gasteiger partial charge in [-0.2, -0.15) is 8.42 Å². The molecule has 0 spiro atoms. The molecular weight excluding hydrogens is 346 g/mol. The molecule has 0 fully saturated rings. The molecule has 5 heteroatoms. The molecule has 0 aromatic rings. The molecule has 1 N–H and O–H groups in total. The second-order valence-corrected chi connectivity index (χ2v) is 9.94. The lowest BCUT2D eigenvalue weighted by Crippen LogP contribution is -2.26. The van der Waals surface area contributed by atoms with E-state index in [-0.39, 0.29) is 5.75 Å². The fourth-order valence-electron chi connectivity index (χ4n) is 3.26. The maximum atomic E-state index is 10.7. The standard InChI is InChI=1S/C21H45NO3S/c1-21(2)17-15-13-11-9-7-5-4-6-8-10-12-14-16-18-22(3)19-20-26(23,24)25/h21H,4-20H2,1-3H3,(H,23,24,25). The average molecular weight is 392 g/mol. The lowest BCUT2D eigenvalue weighted by Gasteiger charge is -2.15. The summed E-state index contributed by atoms with van der Waals surface area (Å²) >= 11 is 0. The number of hydrogen-bond donors (Lipinski definition) is 1. The molecule has 4 nitrogen and oxygen atoms in total. The minimum absolute atomic E-state index is 0.165. The van der Waals surface area contributed by atoms with Crippen LogP contribution in [-0.2, 0) is 10.1 Å². The molecule has 0 aliphatic heterocycles. The summed E-state index contributed by atoms with van der Waals surface area (Å²) in [6.45, 7) is 5.95. The zero-order chi connectivity index (χ0) is 19.7. The van der Waals surface area contributed by atoms with Crippen molar-refractivity contribution in [3.8, 4) is 0 Å². The first-order chi connectivity index (χ1) is 12.3. The Balaban J connectivity index is 3.17. The summed E-state index contributed by atoms with van der Waals surface area (Å²) in [7, 11) is -1.91. The lowest BCUT2D eigenvalue weighted by molar-refractivity contribution is 0.337. The van der Waals surface area contributed by atoms with Crippen LogP contribution in [-0.4, -0.2) is 43.8 Å². The smallest absolute Gasteiger partial charge is 0.266 e. The van der Waals surface area contributed by atoms with E-state index in [1.807, 2.05) is 11.9 Å². The molecule has 158 valence electrons. The number of rotatable bonds is 19. The fraction of sp³-hybridized carbons (Fsp3) is 1.00. The van der Waals surface area contributed by atoms with Gasteiger partial charge >= 0.3 is 0 Å². The molecule has 0 aromatic heterocycles. The Labute approximate surface area is 163 Å². The van der Waals surface area contributed by atoms with Gasteiger partial charge in [0.1, 0.15) is 0 Å². The second-order valence-electron chi connectivity index (χ2n) is 8.37. The molecular formula is C21H45NO3S. The van der Waals surface area contributed by atoms with Crippen LogP contribution in [0.15, 0.2) is 0 Å². The van der Waals surface area contributed by atoms with Crippen molar-refractivity contribution in [2.45, 2.75) is 104 Å². The maximum absolute atomic E-state index is 10.7. The number of nitrogens with zero attached hydrogens (tertiary/aromatic N) is 1. The van der Waals surface area contributed by atoms with Gasteiger partial charge in [0.2, 0.25) is 0 Å². The van der Waals surface area contributed by atoms with Gasteiger partial charge in [-0.1, -0.05) is 97.3 Å². The normalized spacial score (nSPS) is 12.4. The fourth-order valence-corrected chi connectivity index (χ4v) is 3.80. The minimum atomic E-state index is -3.82. The van der Waals surface area contributed by atoms with Crippen molar-refractivity contribution in [1.82, 2.24) is 4.90 Å². The van der Waals surface area contributed by atoms with Crippen molar-refractivity contribution in [3.05, 3.63) is 0 Å². The Kier molecular flexibility index (Phi) is 16.9. The van der Waals surface area contributed by atoms with Gasteiger partial charge in [0.25, 0.3) is 10.1 Å². The molecule has 0 radical (unpaired) electrons. The molecule has 0 rings (SSSR count). The van der Waals surface area contributed by atoms with Crippen LogP contribution in [0.25, 0.3) is 0 Å². The highest BCUT2D eigenvalue weighted by molar-refractivity contribution is 7.85. The van der Waals surface area contributed by atoms with Crippen molar-refractivity contribution in [3.63, 3.8) is 0 Å². The first-order valence-electron chi connectivity index (χ1n) is 10.9. The van der Waals surface area contributed by atoms with Crippen LogP contribution in [0, 0.1) is 5.92 Å². The first kappa shape index (κ1) is 25.9. The van der Waals surface area contributed by atoms with E-state index in [1.165, 1.54) is 83.5 Å². The Hall–Kier alpha value is -0.130. The van der Waals surface area contributed by atoms with Crippen molar-refractivity contribution in [2.24, 2.45) is 5.92 Å². The Morgan fingerprint density at radius 2 is 1.08 bits per heavy atom. The van der Waals surface area contributed by atoms with Gasteiger partial charge < -0.3 is 4.90 Å². The van der Waals surface area contributed by atoms with Gasteiger partial charge in [-0.15, -0.1) is 0 Å². The minimum Gasteiger partial charge on any atom is -0.305 e. The predicted molar refractivity (Wildman–Crippen MR) is 113 cm³/mol. The van der Waals surface area contributed by atoms with Crippen molar-refractivity contribution >= 4 is 10.1 Å². The van der Waals surface area contributed by atoms with E-state index in [0.29, 0.717) is 6.54 Å². The van der Waals surface area contributed by atoms with Crippen LogP contribution < -0.4 is 0 Å². The molecule has 0 saturated heterocycles. The molecule has 0 aliphatic carbocycles. The average Bonchev–Trinajstić information content (AvgIpc) is 2.55. The molecule has 0 saturated carbocycles. The molecule has 0 aromatic carbocycles. The van der Waals surface area contributed by atoms with Gasteiger partial charge in [0.05, 0.1) is 5.75 Å². The molecule has 0 amide bonds. The van der Waals surface area contributed by atoms with E-state index in [1.54, 1.807) is 0 Å². The van der Waals surface area contributed by atoms with Gasteiger partial charge in [-0.3, -0.25) is 4.55 Å². The third kappa shape index (κ3) is 21.9. The van der Waals surface area contributed by atoms with E-state index in [2.05, 4.69) is 13.8 Å². The van der Waals surface area contributed by atoms with Crippen LogP contribution in [0.5, 0.6) is 0 Å². The Morgan fingerprint density at radius 3 is 1.46 bits per heavy atom. The van der Waals surface area contributed by atoms with Crippen LogP contribution in [0.1, 0.15) is 104 Å². The van der Waals surface area contributed by atoms with Gasteiger partial charge in [0, 0.05) is 6.54 Å². The third-order valence-electron chi connectivity index (χ3n) is 5.05. The molecule has 0 bridgehead atoms. The van der Waals surface area contributed by atoms with Gasteiger partial charge in [-0.25, -0.2) is 0 Å².